The molecule has 1 atom stereocenters. The number of fused-ring (bicyclic) bond motifs is 1. The lowest BCUT2D eigenvalue weighted by Crippen LogP contribution is -2.31. The van der Waals surface area contributed by atoms with E-state index in [9.17, 15) is 14.7 Å². The summed E-state index contributed by atoms with van der Waals surface area (Å²) >= 11 is 9.39. The highest BCUT2D eigenvalue weighted by atomic mass is 79.9. The number of ketones is 1. The van der Waals surface area contributed by atoms with Gasteiger partial charge in [-0.25, -0.2) is 0 Å². The molecule has 0 fully saturated rings. The van der Waals surface area contributed by atoms with Crippen molar-refractivity contribution >= 4 is 50.2 Å². The van der Waals surface area contributed by atoms with Gasteiger partial charge in [0.05, 0.1) is 11.6 Å². The quantitative estimate of drug-likeness (QED) is 0.472. The maximum atomic E-state index is 13.3. The van der Waals surface area contributed by atoms with Gasteiger partial charge in [0.1, 0.15) is 5.58 Å². The summed E-state index contributed by atoms with van der Waals surface area (Å²) in [7, 11) is 0. The molecule has 0 saturated heterocycles. The fraction of sp³-hybridized carbons (Fsp3) is 0.182. The van der Waals surface area contributed by atoms with Crippen LogP contribution >= 0.6 is 27.5 Å². The van der Waals surface area contributed by atoms with Crippen LogP contribution in [0.3, 0.4) is 0 Å². The highest BCUT2D eigenvalue weighted by Gasteiger charge is 2.44. The highest BCUT2D eigenvalue weighted by Crippen LogP contribution is 2.40. The molecule has 29 heavy (non-hydrogen) atoms. The fourth-order valence-corrected chi connectivity index (χ4v) is 4.11. The van der Waals surface area contributed by atoms with Crippen LogP contribution in [-0.2, 0) is 4.79 Å². The summed E-state index contributed by atoms with van der Waals surface area (Å²) in [4.78, 5) is 27.5. The summed E-state index contributed by atoms with van der Waals surface area (Å²) in [6.45, 7) is 2.33. The molecular weight excluding hydrogens is 458 g/mol. The SMILES string of the molecule is CCCN1C(=O)C(O)=C(C(=O)c2cc3cc(Br)ccc3o2)C1c1ccc(Cl)cc1. The number of carbonyl (C=O) groups is 2. The minimum atomic E-state index is -0.702. The number of hydrogen-bond acceptors (Lipinski definition) is 4. The summed E-state index contributed by atoms with van der Waals surface area (Å²) in [5.41, 5.74) is 1.26. The van der Waals surface area contributed by atoms with Crippen molar-refractivity contribution in [3.8, 4) is 0 Å². The van der Waals surface area contributed by atoms with Gasteiger partial charge in [0.2, 0.25) is 5.78 Å². The molecule has 5 nitrogen and oxygen atoms in total. The molecule has 0 bridgehead atoms. The van der Waals surface area contributed by atoms with E-state index in [0.717, 1.165) is 9.86 Å². The smallest absolute Gasteiger partial charge is 0.290 e. The van der Waals surface area contributed by atoms with E-state index in [1.54, 1.807) is 36.4 Å². The molecule has 4 rings (SSSR count). The predicted molar refractivity (Wildman–Crippen MR) is 114 cm³/mol. The molecule has 0 radical (unpaired) electrons. The molecule has 1 amide bonds. The van der Waals surface area contributed by atoms with Crippen molar-refractivity contribution in [1.82, 2.24) is 4.90 Å². The van der Waals surface area contributed by atoms with E-state index in [2.05, 4.69) is 15.9 Å². The van der Waals surface area contributed by atoms with E-state index in [1.165, 1.54) is 4.90 Å². The van der Waals surface area contributed by atoms with Crippen LogP contribution in [0, 0.1) is 0 Å². The van der Waals surface area contributed by atoms with E-state index >= 15 is 0 Å². The van der Waals surface area contributed by atoms with Crippen LogP contribution in [0.1, 0.15) is 35.5 Å². The minimum absolute atomic E-state index is 0.0175. The Hall–Kier alpha value is -2.57. The van der Waals surface area contributed by atoms with Crippen LogP contribution in [0.25, 0.3) is 11.0 Å². The van der Waals surface area contributed by atoms with Gasteiger partial charge >= 0.3 is 0 Å². The number of halogens is 2. The Morgan fingerprint density at radius 1 is 1.21 bits per heavy atom. The second kappa shape index (κ2) is 7.69. The minimum Gasteiger partial charge on any atom is -0.503 e. The Morgan fingerprint density at radius 3 is 2.62 bits per heavy atom. The van der Waals surface area contributed by atoms with Gasteiger partial charge in [-0.05, 0) is 48.4 Å². The first kappa shape index (κ1) is 19.7. The number of aliphatic hydroxyl groups is 1. The Morgan fingerprint density at radius 2 is 1.93 bits per heavy atom. The number of hydrogen-bond donors (Lipinski definition) is 1. The summed E-state index contributed by atoms with van der Waals surface area (Å²) in [6, 6.07) is 13.2. The average molecular weight is 475 g/mol. The topological polar surface area (TPSA) is 70.8 Å². The third kappa shape index (κ3) is 3.47. The van der Waals surface area contributed by atoms with Crippen LogP contribution in [0.4, 0.5) is 0 Å². The predicted octanol–water partition coefficient (Wildman–Crippen LogP) is 5.84. The molecular formula is C22H17BrClNO4. The summed E-state index contributed by atoms with van der Waals surface area (Å²) in [6.07, 6.45) is 0.684. The number of Topliss-reactive ketones (excluding diaryl/α,β-unsaturated/α-hetero) is 1. The zero-order valence-electron chi connectivity index (χ0n) is 15.5. The molecule has 1 unspecified atom stereocenters. The average Bonchev–Trinajstić information content (AvgIpc) is 3.22. The van der Waals surface area contributed by atoms with Crippen molar-refractivity contribution in [2.75, 3.05) is 6.54 Å². The molecule has 0 saturated carbocycles. The maximum Gasteiger partial charge on any atom is 0.290 e. The second-order valence-corrected chi connectivity index (χ2v) is 8.19. The molecule has 1 aliphatic rings. The molecule has 0 aliphatic carbocycles. The molecule has 1 aromatic heterocycles. The summed E-state index contributed by atoms with van der Waals surface area (Å²) in [5, 5.41) is 11.9. The van der Waals surface area contributed by atoms with Gasteiger partial charge in [0.15, 0.2) is 11.5 Å². The number of rotatable bonds is 5. The highest BCUT2D eigenvalue weighted by molar-refractivity contribution is 9.10. The maximum absolute atomic E-state index is 13.3. The first-order chi connectivity index (χ1) is 13.9. The zero-order valence-corrected chi connectivity index (χ0v) is 17.8. The van der Waals surface area contributed by atoms with Crippen molar-refractivity contribution < 1.29 is 19.1 Å². The lowest BCUT2D eigenvalue weighted by atomic mass is 9.95. The molecule has 2 heterocycles. The normalized spacial score (nSPS) is 16.9. The van der Waals surface area contributed by atoms with Crippen LogP contribution in [0.15, 0.2) is 68.8 Å². The Kier molecular flexibility index (Phi) is 5.23. The molecule has 1 aliphatic heterocycles. The van der Waals surface area contributed by atoms with E-state index in [0.29, 0.717) is 29.1 Å². The van der Waals surface area contributed by atoms with Crippen LogP contribution in [0.5, 0.6) is 0 Å². The standard InChI is InChI=1S/C22H17BrClNO4/c1-2-9-25-19(12-3-6-15(24)7-4-12)18(21(27)22(25)28)20(26)17-11-13-10-14(23)5-8-16(13)29-17/h3-8,10-11,19,27H,2,9H2,1H3. The van der Waals surface area contributed by atoms with Gasteiger partial charge in [-0.2, -0.15) is 0 Å². The molecule has 3 aromatic rings. The van der Waals surface area contributed by atoms with Crippen LogP contribution in [0.2, 0.25) is 5.02 Å². The second-order valence-electron chi connectivity index (χ2n) is 6.84. The van der Waals surface area contributed by atoms with Gasteiger partial charge in [-0.1, -0.05) is 46.6 Å². The van der Waals surface area contributed by atoms with E-state index < -0.39 is 23.5 Å². The lowest BCUT2D eigenvalue weighted by molar-refractivity contribution is -0.129. The molecule has 7 heteroatoms. The van der Waals surface area contributed by atoms with Crippen molar-refractivity contribution in [3.63, 3.8) is 0 Å². The van der Waals surface area contributed by atoms with Crippen molar-refractivity contribution in [2.24, 2.45) is 0 Å². The van der Waals surface area contributed by atoms with Crippen molar-refractivity contribution in [3.05, 3.63) is 80.7 Å². The number of aliphatic hydroxyl groups excluding tert-OH is 1. The van der Waals surface area contributed by atoms with Crippen molar-refractivity contribution in [1.29, 1.82) is 0 Å². The Balaban J connectivity index is 1.81. The molecule has 2 aromatic carbocycles. The first-order valence-corrected chi connectivity index (χ1v) is 10.3. The zero-order chi connectivity index (χ0) is 20.7. The molecule has 1 N–H and O–H groups in total. The van der Waals surface area contributed by atoms with E-state index in [4.69, 9.17) is 16.0 Å². The fourth-order valence-electron chi connectivity index (χ4n) is 3.61. The van der Waals surface area contributed by atoms with E-state index in [1.807, 2.05) is 19.1 Å². The number of amides is 1. The summed E-state index contributed by atoms with van der Waals surface area (Å²) < 4.78 is 6.57. The molecule has 0 spiro atoms. The van der Waals surface area contributed by atoms with Crippen LogP contribution < -0.4 is 0 Å². The monoisotopic (exact) mass is 473 g/mol. The number of furan rings is 1. The molecule has 148 valence electrons. The summed E-state index contributed by atoms with van der Waals surface area (Å²) in [5.74, 6) is -1.54. The number of nitrogens with zero attached hydrogens (tertiary/aromatic N) is 1. The number of carbonyl (C=O) groups excluding carboxylic acids is 2. The third-order valence-corrected chi connectivity index (χ3v) is 5.65. The number of benzene rings is 2. The van der Waals surface area contributed by atoms with Gasteiger partial charge in [-0.3, -0.25) is 9.59 Å². The van der Waals surface area contributed by atoms with Gasteiger partial charge in [0.25, 0.3) is 5.91 Å². The van der Waals surface area contributed by atoms with Crippen LogP contribution in [-0.4, -0.2) is 28.2 Å². The van der Waals surface area contributed by atoms with Gasteiger partial charge in [-0.15, -0.1) is 0 Å². The third-order valence-electron chi connectivity index (χ3n) is 4.90. The first-order valence-electron chi connectivity index (χ1n) is 9.14. The Bertz CT molecular complexity index is 1150. The van der Waals surface area contributed by atoms with Gasteiger partial charge < -0.3 is 14.4 Å². The lowest BCUT2D eigenvalue weighted by Gasteiger charge is -2.26. The van der Waals surface area contributed by atoms with Gasteiger partial charge in [0, 0.05) is 21.4 Å². The van der Waals surface area contributed by atoms with E-state index in [-0.39, 0.29) is 11.3 Å². The van der Waals surface area contributed by atoms with Crippen molar-refractivity contribution in [2.45, 2.75) is 19.4 Å². The largest absolute Gasteiger partial charge is 0.503 e. The Labute approximate surface area is 180 Å².